The van der Waals surface area contributed by atoms with Gasteiger partial charge in [-0.2, -0.15) is 0 Å². The van der Waals surface area contributed by atoms with Gasteiger partial charge in [0, 0.05) is 31.6 Å². The zero-order valence-electron chi connectivity index (χ0n) is 15.6. The van der Waals surface area contributed by atoms with E-state index in [4.69, 9.17) is 0 Å². The minimum Gasteiger partial charge on any atom is -0.396 e. The highest BCUT2D eigenvalue weighted by molar-refractivity contribution is 5.79. The Labute approximate surface area is 150 Å². The number of aromatic nitrogens is 2. The number of nitrogens with one attached hydrogen (secondary N) is 2. The number of aliphatic imine (C=N–C) groups is 1. The fourth-order valence-corrected chi connectivity index (χ4v) is 2.96. The maximum absolute atomic E-state index is 9.19. The van der Waals surface area contributed by atoms with Gasteiger partial charge in [-0.15, -0.1) is 0 Å². The minimum atomic E-state index is 0.237. The molecule has 2 heterocycles. The zero-order valence-corrected chi connectivity index (χ0v) is 15.6. The van der Waals surface area contributed by atoms with Crippen LogP contribution in [0.4, 0.5) is 0 Å². The topological polar surface area (TPSA) is 74.0 Å². The second-order valence-electron chi connectivity index (χ2n) is 6.37. The van der Waals surface area contributed by atoms with Crippen molar-refractivity contribution in [1.29, 1.82) is 0 Å². The van der Waals surface area contributed by atoms with Crippen molar-refractivity contribution >= 4 is 11.6 Å². The number of aliphatic hydroxyl groups excluding tert-OH is 1. The van der Waals surface area contributed by atoms with Crippen LogP contribution in [-0.2, 0) is 6.54 Å². The Balaban J connectivity index is 2.01. The molecule has 0 aliphatic heterocycles. The largest absolute Gasteiger partial charge is 0.396 e. The second kappa shape index (κ2) is 10.0. The standard InChI is InChI=1S/C19H31N5O/c1-4-7-16(10-11-25)12-21-19(20-5-2)22-13-17-14-24-15(3)8-6-9-18(24)23-17/h6,8-9,14,16,25H,4-5,7,10-13H2,1-3H3,(H2,20,21,22). The van der Waals surface area contributed by atoms with Gasteiger partial charge >= 0.3 is 0 Å². The molecule has 0 amide bonds. The van der Waals surface area contributed by atoms with Crippen LogP contribution >= 0.6 is 0 Å². The molecule has 0 saturated heterocycles. The molecule has 2 aromatic heterocycles. The van der Waals surface area contributed by atoms with Crippen LogP contribution in [-0.4, -0.2) is 40.1 Å². The average Bonchev–Trinajstić information content (AvgIpc) is 3.02. The number of hydrogen-bond acceptors (Lipinski definition) is 3. The normalized spacial score (nSPS) is 13.2. The maximum atomic E-state index is 9.19. The Morgan fingerprint density at radius 1 is 1.28 bits per heavy atom. The van der Waals surface area contributed by atoms with Crippen molar-refractivity contribution in [3.63, 3.8) is 0 Å². The molecule has 0 aliphatic rings. The van der Waals surface area contributed by atoms with E-state index in [-0.39, 0.29) is 6.61 Å². The average molecular weight is 345 g/mol. The van der Waals surface area contributed by atoms with E-state index < -0.39 is 0 Å². The number of imidazole rings is 1. The number of guanidine groups is 1. The molecule has 3 N–H and O–H groups in total. The summed E-state index contributed by atoms with van der Waals surface area (Å²) < 4.78 is 2.09. The van der Waals surface area contributed by atoms with E-state index in [0.29, 0.717) is 12.5 Å². The van der Waals surface area contributed by atoms with Gasteiger partial charge in [0.1, 0.15) is 5.65 Å². The Bertz CT molecular complexity index is 674. The lowest BCUT2D eigenvalue weighted by Gasteiger charge is -2.18. The van der Waals surface area contributed by atoms with E-state index >= 15 is 0 Å². The quantitative estimate of drug-likeness (QED) is 0.482. The number of aliphatic hydroxyl groups is 1. The van der Waals surface area contributed by atoms with Gasteiger partial charge in [-0.1, -0.05) is 19.4 Å². The maximum Gasteiger partial charge on any atom is 0.191 e. The summed E-state index contributed by atoms with van der Waals surface area (Å²) in [4.78, 5) is 9.28. The van der Waals surface area contributed by atoms with Crippen LogP contribution in [0, 0.1) is 12.8 Å². The zero-order chi connectivity index (χ0) is 18.1. The Kier molecular flexibility index (Phi) is 7.73. The first-order valence-corrected chi connectivity index (χ1v) is 9.24. The predicted octanol–water partition coefficient (Wildman–Crippen LogP) is 2.50. The smallest absolute Gasteiger partial charge is 0.191 e. The summed E-state index contributed by atoms with van der Waals surface area (Å²) in [5, 5.41) is 15.9. The summed E-state index contributed by atoms with van der Waals surface area (Å²) in [5.41, 5.74) is 3.07. The summed E-state index contributed by atoms with van der Waals surface area (Å²) >= 11 is 0. The first-order valence-electron chi connectivity index (χ1n) is 9.24. The lowest BCUT2D eigenvalue weighted by atomic mass is 10.0. The van der Waals surface area contributed by atoms with Crippen LogP contribution in [0.5, 0.6) is 0 Å². The van der Waals surface area contributed by atoms with E-state index in [9.17, 15) is 5.11 Å². The van der Waals surface area contributed by atoms with Crippen molar-refractivity contribution in [2.45, 2.75) is 46.6 Å². The molecule has 25 heavy (non-hydrogen) atoms. The monoisotopic (exact) mass is 345 g/mol. The van der Waals surface area contributed by atoms with Gasteiger partial charge in [-0.05, 0) is 44.7 Å². The van der Waals surface area contributed by atoms with Crippen molar-refractivity contribution in [3.05, 3.63) is 35.8 Å². The predicted molar refractivity (Wildman–Crippen MR) is 103 cm³/mol. The molecule has 1 atom stereocenters. The molecule has 1 unspecified atom stereocenters. The molecule has 2 rings (SSSR count). The number of pyridine rings is 1. The number of aryl methyl sites for hydroxylation is 1. The number of rotatable bonds is 9. The Morgan fingerprint density at radius 3 is 2.80 bits per heavy atom. The first-order chi connectivity index (χ1) is 12.2. The molecule has 0 spiro atoms. The van der Waals surface area contributed by atoms with E-state index in [1.54, 1.807) is 0 Å². The minimum absolute atomic E-state index is 0.237. The third-order valence-corrected chi connectivity index (χ3v) is 4.28. The lowest BCUT2D eigenvalue weighted by Crippen LogP contribution is -2.40. The van der Waals surface area contributed by atoms with Crippen LogP contribution in [0.25, 0.3) is 5.65 Å². The van der Waals surface area contributed by atoms with E-state index in [1.807, 2.05) is 18.3 Å². The van der Waals surface area contributed by atoms with Gasteiger partial charge in [0.2, 0.25) is 0 Å². The number of hydrogen-bond donors (Lipinski definition) is 3. The summed E-state index contributed by atoms with van der Waals surface area (Å²) in [6.07, 6.45) is 5.11. The fourth-order valence-electron chi connectivity index (χ4n) is 2.96. The highest BCUT2D eigenvalue weighted by Crippen LogP contribution is 2.10. The van der Waals surface area contributed by atoms with Crippen LogP contribution in [0.2, 0.25) is 0 Å². The summed E-state index contributed by atoms with van der Waals surface area (Å²) in [7, 11) is 0. The van der Waals surface area contributed by atoms with E-state index in [1.165, 1.54) is 0 Å². The molecular formula is C19H31N5O. The van der Waals surface area contributed by atoms with Gasteiger partial charge in [0.05, 0.1) is 12.2 Å². The first kappa shape index (κ1) is 19.2. The highest BCUT2D eigenvalue weighted by Gasteiger charge is 2.09. The number of fused-ring (bicyclic) bond motifs is 1. The molecule has 0 radical (unpaired) electrons. The third-order valence-electron chi connectivity index (χ3n) is 4.28. The summed E-state index contributed by atoms with van der Waals surface area (Å²) in [5.74, 6) is 1.27. The van der Waals surface area contributed by atoms with Gasteiger partial charge in [-0.3, -0.25) is 0 Å². The van der Waals surface area contributed by atoms with E-state index in [0.717, 1.165) is 55.3 Å². The molecule has 0 aromatic carbocycles. The molecule has 0 fully saturated rings. The van der Waals surface area contributed by atoms with Crippen molar-refractivity contribution in [2.24, 2.45) is 10.9 Å². The van der Waals surface area contributed by atoms with Gasteiger partial charge in [-0.25, -0.2) is 9.98 Å². The van der Waals surface area contributed by atoms with Crippen molar-refractivity contribution in [1.82, 2.24) is 20.0 Å². The SMILES string of the molecule is CCCC(CCO)CNC(=NCc1cn2c(C)cccc2n1)NCC. The summed E-state index contributed by atoms with van der Waals surface area (Å²) in [6, 6.07) is 6.10. The molecule has 0 aliphatic carbocycles. The lowest BCUT2D eigenvalue weighted by molar-refractivity contribution is 0.251. The molecule has 0 bridgehead atoms. The van der Waals surface area contributed by atoms with Crippen molar-refractivity contribution in [3.8, 4) is 0 Å². The molecule has 0 saturated carbocycles. The third kappa shape index (κ3) is 5.74. The molecule has 6 heteroatoms. The highest BCUT2D eigenvalue weighted by atomic mass is 16.3. The molecular weight excluding hydrogens is 314 g/mol. The van der Waals surface area contributed by atoms with Gasteiger partial charge in [0.25, 0.3) is 0 Å². The molecule has 2 aromatic rings. The molecule has 6 nitrogen and oxygen atoms in total. The van der Waals surface area contributed by atoms with Crippen LogP contribution < -0.4 is 10.6 Å². The van der Waals surface area contributed by atoms with Crippen molar-refractivity contribution < 1.29 is 5.11 Å². The van der Waals surface area contributed by atoms with Crippen LogP contribution in [0.3, 0.4) is 0 Å². The van der Waals surface area contributed by atoms with E-state index in [2.05, 4.69) is 51.8 Å². The molecule has 138 valence electrons. The van der Waals surface area contributed by atoms with Gasteiger partial charge < -0.3 is 20.1 Å². The van der Waals surface area contributed by atoms with Crippen LogP contribution in [0.15, 0.2) is 29.4 Å². The second-order valence-corrected chi connectivity index (χ2v) is 6.37. The Morgan fingerprint density at radius 2 is 2.12 bits per heavy atom. The van der Waals surface area contributed by atoms with Gasteiger partial charge in [0.15, 0.2) is 5.96 Å². The Hall–Kier alpha value is -2.08. The number of nitrogens with zero attached hydrogens (tertiary/aromatic N) is 3. The van der Waals surface area contributed by atoms with Crippen LogP contribution in [0.1, 0.15) is 44.5 Å². The fraction of sp³-hybridized carbons (Fsp3) is 0.579. The van der Waals surface area contributed by atoms with Crippen molar-refractivity contribution in [2.75, 3.05) is 19.7 Å². The summed E-state index contributed by atoms with van der Waals surface area (Å²) in [6.45, 7) is 8.72.